The normalized spacial score (nSPS) is 11.5. The molecule has 0 aromatic heterocycles. The summed E-state index contributed by atoms with van der Waals surface area (Å²) in [5.74, 6) is -1.11. The van der Waals surface area contributed by atoms with Crippen molar-refractivity contribution in [2.24, 2.45) is 4.99 Å². The van der Waals surface area contributed by atoms with Crippen LogP contribution in [0.1, 0.15) is 5.56 Å². The van der Waals surface area contributed by atoms with Crippen molar-refractivity contribution in [1.82, 2.24) is 0 Å². The van der Waals surface area contributed by atoms with Crippen LogP contribution in [0, 0.1) is 3.57 Å². The lowest BCUT2D eigenvalue weighted by Crippen LogP contribution is -2.20. The molecule has 0 amide bonds. The number of carbonyl (C=O) groups is 1. The number of rotatable bonds is 4. The van der Waals surface area contributed by atoms with Gasteiger partial charge < -0.3 is 5.11 Å². The molecule has 1 aromatic carbocycles. The first-order valence-corrected chi connectivity index (χ1v) is 5.25. The molecule has 0 aliphatic rings. The van der Waals surface area contributed by atoms with Crippen LogP contribution < -0.4 is 0 Å². The SMILES string of the molecule is O=C=N[C@@H](Cc1ccc(I)cc1)C(=O)O. The molecule has 0 aliphatic carbocycles. The van der Waals surface area contributed by atoms with Crippen molar-refractivity contribution in [3.05, 3.63) is 33.4 Å². The second-order valence-electron chi connectivity index (χ2n) is 2.91. The van der Waals surface area contributed by atoms with Gasteiger partial charge in [-0.2, -0.15) is 4.99 Å². The van der Waals surface area contributed by atoms with E-state index in [1.807, 2.05) is 24.3 Å². The summed E-state index contributed by atoms with van der Waals surface area (Å²) in [7, 11) is 0. The summed E-state index contributed by atoms with van der Waals surface area (Å²) >= 11 is 2.16. The summed E-state index contributed by atoms with van der Waals surface area (Å²) in [5, 5.41) is 8.75. The molecule has 0 saturated carbocycles. The zero-order valence-electron chi connectivity index (χ0n) is 7.68. The van der Waals surface area contributed by atoms with Gasteiger partial charge in [-0.1, -0.05) is 12.1 Å². The van der Waals surface area contributed by atoms with Crippen LogP contribution >= 0.6 is 22.6 Å². The van der Waals surface area contributed by atoms with Gasteiger partial charge in [-0.25, -0.2) is 9.59 Å². The summed E-state index contributed by atoms with van der Waals surface area (Å²) in [6.07, 6.45) is 1.48. The third kappa shape index (κ3) is 3.81. The summed E-state index contributed by atoms with van der Waals surface area (Å²) in [6.45, 7) is 0. The molecular weight excluding hydrogens is 309 g/mol. The predicted octanol–water partition coefficient (Wildman–Crippen LogP) is 1.62. The molecule has 1 rings (SSSR count). The Bertz CT molecular complexity index is 394. The van der Waals surface area contributed by atoms with Crippen LogP contribution in [-0.2, 0) is 16.0 Å². The Hall–Kier alpha value is -1.20. The molecule has 0 bridgehead atoms. The van der Waals surface area contributed by atoms with Crippen LogP contribution in [-0.4, -0.2) is 23.2 Å². The van der Waals surface area contributed by atoms with Crippen LogP contribution in [0.3, 0.4) is 0 Å². The van der Waals surface area contributed by atoms with E-state index in [0.717, 1.165) is 9.13 Å². The number of hydrogen-bond acceptors (Lipinski definition) is 3. The van der Waals surface area contributed by atoms with E-state index >= 15 is 0 Å². The number of hydrogen-bond donors (Lipinski definition) is 1. The summed E-state index contributed by atoms with van der Waals surface area (Å²) in [4.78, 5) is 23.9. The lowest BCUT2D eigenvalue weighted by atomic mass is 10.1. The van der Waals surface area contributed by atoms with Crippen LogP contribution in [0.2, 0.25) is 0 Å². The summed E-state index contributed by atoms with van der Waals surface area (Å²) < 4.78 is 1.07. The Kier molecular flexibility index (Phi) is 4.45. The largest absolute Gasteiger partial charge is 0.480 e. The smallest absolute Gasteiger partial charge is 0.329 e. The van der Waals surface area contributed by atoms with Crippen molar-refractivity contribution in [2.75, 3.05) is 0 Å². The van der Waals surface area contributed by atoms with Gasteiger partial charge in [0.25, 0.3) is 0 Å². The van der Waals surface area contributed by atoms with Gasteiger partial charge in [0, 0.05) is 9.99 Å². The quantitative estimate of drug-likeness (QED) is 0.521. The minimum absolute atomic E-state index is 0.210. The topological polar surface area (TPSA) is 66.7 Å². The molecular formula is C10H8INO3. The maximum absolute atomic E-state index is 10.7. The molecule has 0 aliphatic heterocycles. The molecule has 15 heavy (non-hydrogen) atoms. The Balaban J connectivity index is 2.78. The zero-order chi connectivity index (χ0) is 11.3. The third-order valence-electron chi connectivity index (χ3n) is 1.84. The lowest BCUT2D eigenvalue weighted by Gasteiger charge is -2.05. The van der Waals surface area contributed by atoms with Gasteiger partial charge in [0.1, 0.15) is 0 Å². The molecule has 0 unspecified atom stereocenters. The van der Waals surface area contributed by atoms with Crippen LogP contribution in [0.25, 0.3) is 0 Å². The molecule has 4 nitrogen and oxygen atoms in total. The Morgan fingerprint density at radius 3 is 2.53 bits per heavy atom. The average molecular weight is 317 g/mol. The number of benzene rings is 1. The first kappa shape index (κ1) is 11.9. The number of aliphatic imine (C=N–C) groups is 1. The van der Waals surface area contributed by atoms with E-state index in [1.54, 1.807) is 0 Å². The molecule has 1 N–H and O–H groups in total. The third-order valence-corrected chi connectivity index (χ3v) is 2.56. The van der Waals surface area contributed by atoms with Gasteiger partial charge in [0.05, 0.1) is 0 Å². The van der Waals surface area contributed by atoms with E-state index in [0.29, 0.717) is 0 Å². The van der Waals surface area contributed by atoms with Crippen molar-refractivity contribution in [1.29, 1.82) is 0 Å². The molecule has 0 fully saturated rings. The van der Waals surface area contributed by atoms with Crippen molar-refractivity contribution in [2.45, 2.75) is 12.5 Å². The Morgan fingerprint density at radius 1 is 1.47 bits per heavy atom. The van der Waals surface area contributed by atoms with E-state index in [9.17, 15) is 9.59 Å². The summed E-state index contributed by atoms with van der Waals surface area (Å²) in [6, 6.07) is 6.34. The molecule has 78 valence electrons. The van der Waals surface area contributed by atoms with Gasteiger partial charge in [-0.3, -0.25) is 0 Å². The summed E-state index contributed by atoms with van der Waals surface area (Å²) in [5.41, 5.74) is 0.835. The fourth-order valence-corrected chi connectivity index (χ4v) is 1.46. The average Bonchev–Trinajstić information content (AvgIpc) is 2.20. The highest BCUT2D eigenvalue weighted by Crippen LogP contribution is 2.10. The van der Waals surface area contributed by atoms with Gasteiger partial charge in [0.2, 0.25) is 6.08 Å². The number of carboxylic acids is 1. The first-order valence-electron chi connectivity index (χ1n) is 4.17. The molecule has 5 heteroatoms. The van der Waals surface area contributed by atoms with Gasteiger partial charge in [-0.05, 0) is 40.3 Å². The van der Waals surface area contributed by atoms with Gasteiger partial charge in [-0.15, -0.1) is 0 Å². The van der Waals surface area contributed by atoms with E-state index in [-0.39, 0.29) is 6.42 Å². The standard InChI is InChI=1S/C10H8INO3/c11-8-3-1-7(2-4-8)5-9(10(14)15)12-6-13/h1-4,9H,5H2,(H,14,15)/t9-/m0/s1. The van der Waals surface area contributed by atoms with Gasteiger partial charge in [0.15, 0.2) is 6.04 Å². The van der Waals surface area contributed by atoms with Crippen molar-refractivity contribution < 1.29 is 14.7 Å². The van der Waals surface area contributed by atoms with Crippen LogP contribution in [0.4, 0.5) is 0 Å². The molecule has 0 spiro atoms. The maximum atomic E-state index is 10.7. The maximum Gasteiger partial charge on any atom is 0.329 e. The number of isocyanates is 1. The number of carboxylic acid groups (broad SMARTS) is 1. The van der Waals surface area contributed by atoms with Crippen molar-refractivity contribution in [3.8, 4) is 0 Å². The number of halogens is 1. The fraction of sp³-hybridized carbons (Fsp3) is 0.200. The minimum Gasteiger partial charge on any atom is -0.480 e. The number of nitrogens with zero attached hydrogens (tertiary/aromatic N) is 1. The first-order chi connectivity index (χ1) is 7.13. The fourth-order valence-electron chi connectivity index (χ4n) is 1.10. The molecule has 1 aromatic rings. The van der Waals surface area contributed by atoms with Crippen LogP contribution in [0.5, 0.6) is 0 Å². The van der Waals surface area contributed by atoms with Crippen LogP contribution in [0.15, 0.2) is 29.3 Å². The molecule has 0 saturated heterocycles. The van der Waals surface area contributed by atoms with E-state index in [4.69, 9.17) is 5.11 Å². The number of carbonyl (C=O) groups excluding carboxylic acids is 1. The predicted molar refractivity (Wildman–Crippen MR) is 62.4 cm³/mol. The highest BCUT2D eigenvalue weighted by Gasteiger charge is 2.16. The van der Waals surface area contributed by atoms with E-state index < -0.39 is 12.0 Å². The Labute approximate surface area is 100 Å². The lowest BCUT2D eigenvalue weighted by molar-refractivity contribution is -0.138. The molecule has 1 atom stereocenters. The van der Waals surface area contributed by atoms with Crippen molar-refractivity contribution >= 4 is 34.6 Å². The number of aliphatic carboxylic acids is 1. The zero-order valence-corrected chi connectivity index (χ0v) is 9.84. The highest BCUT2D eigenvalue weighted by atomic mass is 127. The highest BCUT2D eigenvalue weighted by molar-refractivity contribution is 14.1. The Morgan fingerprint density at radius 2 is 2.07 bits per heavy atom. The van der Waals surface area contributed by atoms with Gasteiger partial charge >= 0.3 is 5.97 Å². The molecule has 0 heterocycles. The second kappa shape index (κ2) is 5.63. The van der Waals surface area contributed by atoms with E-state index in [2.05, 4.69) is 27.6 Å². The van der Waals surface area contributed by atoms with E-state index in [1.165, 1.54) is 6.08 Å². The second-order valence-corrected chi connectivity index (χ2v) is 4.15. The van der Waals surface area contributed by atoms with Crippen molar-refractivity contribution in [3.63, 3.8) is 0 Å². The minimum atomic E-state index is -1.11. The molecule has 0 radical (unpaired) electrons. The monoisotopic (exact) mass is 317 g/mol.